The van der Waals surface area contributed by atoms with Gasteiger partial charge in [0.05, 0.1) is 5.69 Å². The number of ether oxygens (including phenoxy) is 1. The lowest BCUT2D eigenvalue weighted by Gasteiger charge is -2.34. The van der Waals surface area contributed by atoms with Crippen molar-refractivity contribution < 1.29 is 19.1 Å². The molecule has 8 aliphatic rings. The van der Waals surface area contributed by atoms with Crippen molar-refractivity contribution in [2.24, 2.45) is 0 Å². The normalized spacial score (nSPS) is 17.8. The van der Waals surface area contributed by atoms with Crippen LogP contribution >= 0.6 is 0 Å². The van der Waals surface area contributed by atoms with Crippen molar-refractivity contribution in [3.63, 3.8) is 0 Å². The van der Waals surface area contributed by atoms with E-state index in [9.17, 15) is 14.4 Å². The van der Waals surface area contributed by atoms with Crippen molar-refractivity contribution in [3.05, 3.63) is 176 Å². The van der Waals surface area contributed by atoms with Crippen LogP contribution in [-0.4, -0.2) is 62.8 Å². The monoisotopic (exact) mass is 1360 g/mol. The summed E-state index contributed by atoms with van der Waals surface area (Å²) in [5.74, 6) is 0.316. The minimum Gasteiger partial charge on any atom is -0.443 e. The molecule has 6 aliphatic heterocycles. The van der Waals surface area contributed by atoms with Crippen molar-refractivity contribution in [3.8, 4) is 0 Å². The van der Waals surface area contributed by atoms with Crippen LogP contribution in [-0.2, 0) is 82.3 Å². The van der Waals surface area contributed by atoms with Gasteiger partial charge in [-0.15, -0.1) is 0 Å². The molecule has 3 N–H and O–H groups in total. The van der Waals surface area contributed by atoms with Crippen LogP contribution in [0.2, 0.25) is 0 Å². The highest BCUT2D eigenvalue weighted by Crippen LogP contribution is 2.57. The Kier molecular flexibility index (Phi) is 22.1. The highest BCUT2D eigenvalue weighted by molar-refractivity contribution is 5.96. The Morgan fingerprint density at radius 2 is 0.780 bits per heavy atom. The summed E-state index contributed by atoms with van der Waals surface area (Å²) in [5, 5.41) is 10.6. The van der Waals surface area contributed by atoms with E-state index in [0.717, 1.165) is 75.6 Å². The van der Waals surface area contributed by atoms with Crippen LogP contribution in [0.25, 0.3) is 0 Å². The van der Waals surface area contributed by atoms with Gasteiger partial charge in [-0.05, 0) is 226 Å². The molecule has 542 valence electrons. The number of nitrogens with zero attached hydrogens (tertiary/aromatic N) is 3. The molecule has 0 unspecified atom stereocenters. The Hall–Kier alpha value is -7.07. The van der Waals surface area contributed by atoms with Crippen molar-refractivity contribution in [2.45, 2.75) is 292 Å². The van der Waals surface area contributed by atoms with Crippen LogP contribution in [0.5, 0.6) is 0 Å². The van der Waals surface area contributed by atoms with Gasteiger partial charge in [0.15, 0.2) is 0 Å². The first kappa shape index (κ1) is 77.1. The van der Waals surface area contributed by atoms with Crippen LogP contribution < -0.4 is 30.7 Å². The third kappa shape index (κ3) is 18.4. The van der Waals surface area contributed by atoms with Gasteiger partial charge < -0.3 is 30.5 Å². The van der Waals surface area contributed by atoms with E-state index in [1.54, 1.807) is 24.3 Å². The van der Waals surface area contributed by atoms with Crippen molar-refractivity contribution in [2.75, 3.05) is 69.9 Å². The molecule has 2 fully saturated rings. The quantitative estimate of drug-likeness (QED) is 0.139. The average molecular weight is 1360 g/mol. The molecule has 2 saturated carbocycles. The summed E-state index contributed by atoms with van der Waals surface area (Å²) in [4.78, 5) is 41.4. The molecule has 2 aliphatic carbocycles. The van der Waals surface area contributed by atoms with Crippen LogP contribution in [0.1, 0.15) is 285 Å². The number of hydrogen-bond acceptors (Lipinski definition) is 7. The molecule has 0 saturated heterocycles. The van der Waals surface area contributed by atoms with Crippen molar-refractivity contribution >= 4 is 52.0 Å². The Morgan fingerprint density at radius 1 is 0.380 bits per heavy atom. The lowest BCUT2D eigenvalue weighted by atomic mass is 9.76. The second kappa shape index (κ2) is 28.6. The third-order valence-corrected chi connectivity index (χ3v) is 21.9. The Bertz CT molecular complexity index is 3940. The standard InChI is InChI=1S/C18H27NO2.C16H21NO.C15H23N.C14H19NO.C14H19N.C13H19N/c1-17(2,3)14-10-9-13-8-7-11-19(15(13)12-14)16(20)21-18(4,5)6;1-11(18)17-10-16(7-8-16)13-6-5-12(9-14(13)17)15(2,3)4;1-14(2,3)11-6-7-12-13(10-11)16-9-8-15(12,4)5;1-10(16)15-8-7-11-5-6-12(9-13(11)15)14(2,3)4;1-13(2,3)10-4-5-11-12(8-10)15-9-14(11)6-7-14;1-13(2,3)11-7-6-10-5-4-8-14-12(10)9-11/h9-10,12H,7-8,11H2,1-6H3;5-6,9H,7-8,10H2,1-4H3;6-7,10,16H,8-9H2,1-5H3;5-6,9H,7-8H2,1-4H3;4-5,8,15H,6-7,9H2,1-3H3;6-7,9,14H,4-5,8H2,1-3H3. The van der Waals surface area contributed by atoms with Gasteiger partial charge in [0.25, 0.3) is 0 Å². The van der Waals surface area contributed by atoms with E-state index in [1.807, 2.05) is 30.6 Å². The fourth-order valence-corrected chi connectivity index (χ4v) is 14.6. The van der Waals surface area contributed by atoms with E-state index in [4.69, 9.17) is 4.74 Å². The predicted molar refractivity (Wildman–Crippen MR) is 426 cm³/mol. The van der Waals surface area contributed by atoms with Crippen LogP contribution in [0.4, 0.5) is 38.9 Å². The van der Waals surface area contributed by atoms with Gasteiger partial charge >= 0.3 is 6.09 Å². The van der Waals surface area contributed by atoms with E-state index in [-0.39, 0.29) is 50.4 Å². The molecule has 10 heteroatoms. The number of amides is 3. The van der Waals surface area contributed by atoms with E-state index in [2.05, 4.69) is 264 Å². The molecule has 0 atom stereocenters. The first-order valence-corrected chi connectivity index (χ1v) is 37.8. The molecule has 6 heterocycles. The maximum absolute atomic E-state index is 12.4. The zero-order chi connectivity index (χ0) is 73.7. The number of carbonyl (C=O) groups is 3. The maximum atomic E-state index is 12.4. The van der Waals surface area contributed by atoms with Gasteiger partial charge in [-0.2, -0.15) is 0 Å². The fraction of sp³-hybridized carbons (Fsp3) is 0.567. The van der Waals surface area contributed by atoms with Gasteiger partial charge in [-0.25, -0.2) is 4.79 Å². The summed E-state index contributed by atoms with van der Waals surface area (Å²) in [7, 11) is 0. The van der Waals surface area contributed by atoms with Gasteiger partial charge in [0.1, 0.15) is 5.60 Å². The molecule has 0 aromatic heterocycles. The molecular weight excluding hydrogens is 1230 g/mol. The van der Waals surface area contributed by atoms with E-state index in [1.165, 1.54) is 123 Å². The molecule has 6 aromatic rings. The zero-order valence-corrected chi connectivity index (χ0v) is 66.7. The molecular formula is C90H128N6O4. The number of fused-ring (bicyclic) bond motifs is 8. The second-order valence-corrected chi connectivity index (χ2v) is 38.1. The highest BCUT2D eigenvalue weighted by atomic mass is 16.6. The molecule has 100 heavy (non-hydrogen) atoms. The topological polar surface area (TPSA) is 106 Å². The largest absolute Gasteiger partial charge is 0.443 e. The Balaban J connectivity index is 0.000000141. The lowest BCUT2D eigenvalue weighted by molar-refractivity contribution is -0.117. The number of nitrogens with one attached hydrogen (secondary N) is 3. The number of aryl methyl sites for hydroxylation is 2. The maximum Gasteiger partial charge on any atom is 0.414 e. The second-order valence-electron chi connectivity index (χ2n) is 38.1. The molecule has 10 nitrogen and oxygen atoms in total. The first-order valence-electron chi connectivity index (χ1n) is 37.8. The molecule has 6 aromatic carbocycles. The van der Waals surface area contributed by atoms with Crippen LogP contribution in [0.15, 0.2) is 109 Å². The minimum absolute atomic E-state index is 0.0755. The van der Waals surface area contributed by atoms with Gasteiger partial charge in [-0.3, -0.25) is 14.5 Å². The minimum atomic E-state index is -0.462. The summed E-state index contributed by atoms with van der Waals surface area (Å²) in [6.45, 7) is 59.8. The number of anilines is 6. The van der Waals surface area contributed by atoms with E-state index >= 15 is 0 Å². The Morgan fingerprint density at radius 3 is 1.26 bits per heavy atom. The number of benzene rings is 6. The van der Waals surface area contributed by atoms with Crippen molar-refractivity contribution in [1.29, 1.82) is 0 Å². The van der Waals surface area contributed by atoms with Crippen LogP contribution in [0.3, 0.4) is 0 Å². The van der Waals surface area contributed by atoms with Gasteiger partial charge in [0, 0.05) is 92.4 Å². The number of carbonyl (C=O) groups excluding carboxylic acids is 3. The number of hydrogen-bond donors (Lipinski definition) is 3. The summed E-state index contributed by atoms with van der Waals surface area (Å²) in [6, 6.07) is 40.5. The predicted octanol–water partition coefficient (Wildman–Crippen LogP) is 21.8. The summed E-state index contributed by atoms with van der Waals surface area (Å²) in [6.07, 6.45) is 11.7. The molecule has 2 spiro atoms. The number of rotatable bonds is 0. The van der Waals surface area contributed by atoms with Crippen LogP contribution in [0, 0.1) is 0 Å². The van der Waals surface area contributed by atoms with E-state index < -0.39 is 5.60 Å². The fourth-order valence-electron chi connectivity index (χ4n) is 14.6. The average Bonchev–Trinajstić information content (AvgIpc) is 1.56. The molecule has 0 radical (unpaired) electrons. The smallest absolute Gasteiger partial charge is 0.414 e. The first-order chi connectivity index (χ1) is 46.2. The zero-order valence-electron chi connectivity index (χ0n) is 66.7. The Labute approximate surface area is 605 Å². The summed E-state index contributed by atoms with van der Waals surface area (Å²) < 4.78 is 5.55. The van der Waals surface area contributed by atoms with Crippen molar-refractivity contribution in [1.82, 2.24) is 0 Å². The summed E-state index contributed by atoms with van der Waals surface area (Å²) >= 11 is 0. The van der Waals surface area contributed by atoms with Gasteiger partial charge in [-0.1, -0.05) is 211 Å². The molecule has 0 bridgehead atoms. The van der Waals surface area contributed by atoms with Gasteiger partial charge in [0.2, 0.25) is 11.8 Å². The third-order valence-electron chi connectivity index (χ3n) is 21.9. The SMILES string of the molecule is CC(=O)N1CC2(CC2)c2ccc(C(C)(C)C)cc21.CC(=O)N1CCc2ccc(C(C)(C)C)cc21.CC(C)(C)OC(=O)N1CCCc2ccc(C(C)(C)C)cc21.CC(C)(C)c1ccc2c(c1)NCC21CC1.CC(C)(C)c1ccc2c(c1)NCCC2.CC(C)(C)c1ccc2c(c1)NCCC2(C)C. The summed E-state index contributed by atoms with van der Waals surface area (Å²) in [5.41, 5.74) is 25.7. The molecule has 3 amide bonds. The van der Waals surface area contributed by atoms with E-state index in [0.29, 0.717) is 16.2 Å². The molecule has 14 rings (SSSR count). The highest BCUT2D eigenvalue weighted by Gasteiger charge is 2.53. The lowest BCUT2D eigenvalue weighted by Crippen LogP contribution is -2.40.